The summed E-state index contributed by atoms with van der Waals surface area (Å²) in [5.41, 5.74) is 2.90. The van der Waals surface area contributed by atoms with Crippen molar-refractivity contribution in [2.45, 2.75) is 94.7 Å². The molecule has 0 spiro atoms. The van der Waals surface area contributed by atoms with E-state index >= 15 is 0 Å². The molecule has 3 saturated heterocycles. The van der Waals surface area contributed by atoms with Gasteiger partial charge in [-0.2, -0.15) is 18.2 Å². The zero-order chi connectivity index (χ0) is 39.1. The number of anilines is 4. The van der Waals surface area contributed by atoms with Crippen molar-refractivity contribution in [1.82, 2.24) is 24.9 Å². The summed E-state index contributed by atoms with van der Waals surface area (Å²) >= 11 is 8.05. The van der Waals surface area contributed by atoms with E-state index in [9.17, 15) is 22.8 Å². The number of hydrogen-bond donors (Lipinski definition) is 3. The Morgan fingerprint density at radius 3 is 2.36 bits per heavy atom. The molecule has 2 amide bonds. The second-order valence-corrected chi connectivity index (χ2v) is 16.6. The summed E-state index contributed by atoms with van der Waals surface area (Å²) in [5.74, 6) is -0.294. The van der Waals surface area contributed by atoms with Gasteiger partial charge in [0.25, 0.3) is 0 Å². The molecule has 0 radical (unpaired) electrons. The van der Waals surface area contributed by atoms with Gasteiger partial charge in [0.05, 0.1) is 5.92 Å². The number of carbonyl (C=O) groups excluding carboxylic acids is 2. The average Bonchev–Trinajstić information content (AvgIpc) is 3.16. The molecule has 4 heterocycles. The Balaban J connectivity index is 0.000000203. The van der Waals surface area contributed by atoms with Crippen molar-refractivity contribution in [2.24, 2.45) is 5.92 Å². The van der Waals surface area contributed by atoms with Gasteiger partial charge in [0.15, 0.2) is 0 Å². The lowest BCUT2D eigenvalue weighted by molar-refractivity contribution is -0.138. The minimum atomic E-state index is -4.49. The molecule has 1 aliphatic carbocycles. The maximum absolute atomic E-state index is 13.6. The molecule has 7 rings (SSSR count). The maximum atomic E-state index is 13.6. The summed E-state index contributed by atoms with van der Waals surface area (Å²) in [6.07, 6.45) is 5.51. The number of alkyl halides is 3. The zero-order valence-electron chi connectivity index (χ0n) is 31.9. The molecule has 10 nitrogen and oxygen atoms in total. The predicted octanol–water partition coefficient (Wildman–Crippen LogP) is 8.33. The molecule has 55 heavy (non-hydrogen) atoms. The molecular weight excluding hydrogens is 749 g/mol. The van der Waals surface area contributed by atoms with Crippen molar-refractivity contribution in [3.63, 3.8) is 0 Å². The van der Waals surface area contributed by atoms with E-state index < -0.39 is 11.7 Å². The topological polar surface area (TPSA) is 106 Å². The highest BCUT2D eigenvalue weighted by Crippen LogP contribution is 2.38. The number of aryl methyl sites for hydroxylation is 1. The van der Waals surface area contributed by atoms with Crippen molar-refractivity contribution < 1.29 is 22.8 Å². The molecule has 15 heteroatoms. The third kappa shape index (κ3) is 11.0. The SMILES string of the molecule is CN1CCN(c2ccc(C3CCC(=O)NC3=O)c(Cl)c2)CC1.Cc1cc(SNC2CCCCC2)ccc1Nc1ncc(C(F)(F)F)c(N2CCCC(C)C2)n1. The maximum Gasteiger partial charge on any atom is 0.421 e. The summed E-state index contributed by atoms with van der Waals surface area (Å²) in [4.78, 5) is 39.0. The third-order valence-corrected chi connectivity index (χ3v) is 12.2. The van der Waals surface area contributed by atoms with Crippen LogP contribution in [0.3, 0.4) is 0 Å². The molecule has 3 N–H and O–H groups in total. The van der Waals surface area contributed by atoms with Crippen LogP contribution in [-0.4, -0.2) is 79.0 Å². The third-order valence-electron chi connectivity index (χ3n) is 10.9. The molecule has 0 bridgehead atoms. The van der Waals surface area contributed by atoms with Crippen LogP contribution in [0.4, 0.5) is 36.3 Å². The first-order chi connectivity index (χ1) is 26.3. The highest BCUT2D eigenvalue weighted by atomic mass is 35.5. The Bertz CT molecular complexity index is 1800. The van der Waals surface area contributed by atoms with Crippen LogP contribution in [0, 0.1) is 12.8 Å². The zero-order valence-corrected chi connectivity index (χ0v) is 33.4. The van der Waals surface area contributed by atoms with E-state index in [1.165, 1.54) is 32.1 Å². The largest absolute Gasteiger partial charge is 0.421 e. The van der Waals surface area contributed by atoms with Gasteiger partial charge < -0.3 is 20.0 Å². The molecule has 1 aromatic heterocycles. The van der Waals surface area contributed by atoms with Crippen molar-refractivity contribution in [3.8, 4) is 0 Å². The van der Waals surface area contributed by atoms with Crippen molar-refractivity contribution >= 4 is 58.5 Å². The van der Waals surface area contributed by atoms with E-state index in [4.69, 9.17) is 11.6 Å². The monoisotopic (exact) mass is 800 g/mol. The predicted molar refractivity (Wildman–Crippen MR) is 214 cm³/mol. The highest BCUT2D eigenvalue weighted by molar-refractivity contribution is 7.97. The second kappa shape index (κ2) is 18.6. The first-order valence-corrected chi connectivity index (χ1v) is 20.6. The lowest BCUT2D eigenvalue weighted by Crippen LogP contribution is -2.44. The van der Waals surface area contributed by atoms with Gasteiger partial charge in [-0.15, -0.1) is 0 Å². The number of piperidine rings is 2. The smallest absolute Gasteiger partial charge is 0.369 e. The lowest BCUT2D eigenvalue weighted by Gasteiger charge is -2.34. The fourth-order valence-corrected chi connectivity index (χ4v) is 8.86. The molecule has 3 aromatic rings. The molecular formula is C40H52ClF3N8O2S. The van der Waals surface area contributed by atoms with Gasteiger partial charge in [-0.05, 0) is 105 Å². The number of benzene rings is 2. The van der Waals surface area contributed by atoms with Crippen LogP contribution in [-0.2, 0) is 15.8 Å². The van der Waals surface area contributed by atoms with Crippen LogP contribution >= 0.6 is 23.5 Å². The minimum absolute atomic E-state index is 0.0342. The van der Waals surface area contributed by atoms with Gasteiger partial charge in [-0.3, -0.25) is 19.6 Å². The van der Waals surface area contributed by atoms with E-state index in [0.29, 0.717) is 42.9 Å². The molecule has 2 unspecified atom stereocenters. The van der Waals surface area contributed by atoms with Gasteiger partial charge in [-0.25, -0.2) is 4.98 Å². The van der Waals surface area contributed by atoms with Gasteiger partial charge >= 0.3 is 6.18 Å². The Morgan fingerprint density at radius 1 is 0.927 bits per heavy atom. The second-order valence-electron chi connectivity index (χ2n) is 15.3. The van der Waals surface area contributed by atoms with Crippen LogP contribution in [0.2, 0.25) is 5.02 Å². The van der Waals surface area contributed by atoms with Gasteiger partial charge in [0.1, 0.15) is 11.4 Å². The number of halogens is 4. The number of imide groups is 1. The molecule has 298 valence electrons. The molecule has 4 fully saturated rings. The van der Waals surface area contributed by atoms with Crippen molar-refractivity contribution in [2.75, 3.05) is 61.4 Å². The summed E-state index contributed by atoms with van der Waals surface area (Å²) in [6.45, 7) is 9.20. The summed E-state index contributed by atoms with van der Waals surface area (Å²) in [5, 5.41) is 6.12. The summed E-state index contributed by atoms with van der Waals surface area (Å²) in [7, 11) is 2.12. The Kier molecular flexibility index (Phi) is 13.9. The lowest BCUT2D eigenvalue weighted by atomic mass is 9.90. The minimum Gasteiger partial charge on any atom is -0.369 e. The van der Waals surface area contributed by atoms with Crippen LogP contribution in [0.1, 0.15) is 87.3 Å². The van der Waals surface area contributed by atoms with Crippen LogP contribution in [0.25, 0.3) is 0 Å². The normalized spacial score (nSPS) is 21.5. The van der Waals surface area contributed by atoms with Crippen molar-refractivity contribution in [1.29, 1.82) is 0 Å². The molecule has 1 saturated carbocycles. The fourth-order valence-electron chi connectivity index (χ4n) is 7.64. The van der Waals surface area contributed by atoms with E-state index in [-0.39, 0.29) is 29.5 Å². The van der Waals surface area contributed by atoms with Crippen LogP contribution < -0.4 is 25.2 Å². The van der Waals surface area contributed by atoms with E-state index in [1.54, 1.807) is 16.8 Å². The fraction of sp³-hybridized carbons (Fsp3) is 0.550. The van der Waals surface area contributed by atoms with Crippen LogP contribution in [0.15, 0.2) is 47.5 Å². The highest BCUT2D eigenvalue weighted by Gasteiger charge is 2.38. The number of amides is 2. The average molecular weight is 801 g/mol. The molecule has 3 aliphatic heterocycles. The molecule has 2 aromatic carbocycles. The number of nitrogens with zero attached hydrogens (tertiary/aromatic N) is 5. The summed E-state index contributed by atoms with van der Waals surface area (Å²) in [6, 6.07) is 12.5. The van der Waals surface area contributed by atoms with Crippen LogP contribution in [0.5, 0.6) is 0 Å². The quantitative estimate of drug-likeness (QED) is 0.152. The standard InChI is InChI=1S/C24H32F3N5S.C16H20ClN3O2/c1-16-7-6-12-32(15-16)22-20(24(25,26)27)14-28-23(30-22)29-21-11-10-19(13-17(21)2)33-31-18-8-4-3-5-9-18;1-19-6-8-20(9-7-19)11-2-3-12(14(17)10-11)13-4-5-15(21)18-16(13)22/h10-11,13-14,16,18,31H,3-9,12,15H2,1-2H3,(H,28,29,30);2-3,10,13H,4-9H2,1H3,(H,18,21,22). The van der Waals surface area contributed by atoms with Gasteiger partial charge in [0, 0.05) is 79.2 Å². The Morgan fingerprint density at radius 2 is 1.69 bits per heavy atom. The number of rotatable bonds is 8. The van der Waals surface area contributed by atoms with E-state index in [2.05, 4.69) is 55.2 Å². The van der Waals surface area contributed by atoms with E-state index in [0.717, 1.165) is 72.6 Å². The number of hydrogen-bond acceptors (Lipinski definition) is 10. The first kappa shape index (κ1) is 41.1. The number of piperazine rings is 1. The van der Waals surface area contributed by atoms with Crippen molar-refractivity contribution in [3.05, 3.63) is 64.3 Å². The van der Waals surface area contributed by atoms with Gasteiger partial charge in [0.2, 0.25) is 17.8 Å². The number of nitrogens with one attached hydrogen (secondary N) is 3. The number of likely N-dealkylation sites (N-methyl/N-ethyl adjacent to an activating group) is 1. The molecule has 4 aliphatic rings. The molecule has 2 atom stereocenters. The first-order valence-electron chi connectivity index (χ1n) is 19.4. The number of carbonyl (C=O) groups is 2. The van der Waals surface area contributed by atoms with Gasteiger partial charge in [-0.1, -0.05) is 43.9 Å². The number of aromatic nitrogens is 2. The Hall–Kier alpha value is -3.59. The summed E-state index contributed by atoms with van der Waals surface area (Å²) < 4.78 is 44.5. The van der Waals surface area contributed by atoms with E-state index in [1.807, 2.05) is 37.3 Å². The Labute approximate surface area is 331 Å².